The van der Waals surface area contributed by atoms with Crippen LogP contribution in [-0.2, 0) is 17.1 Å². The van der Waals surface area contributed by atoms with Gasteiger partial charge in [-0.1, -0.05) is 0 Å². The molecule has 3 heteroatoms. The molecule has 0 spiro atoms. The maximum Gasteiger partial charge on any atom is 0.0553 e. The molecule has 0 saturated heterocycles. The van der Waals surface area contributed by atoms with Crippen molar-refractivity contribution in [3.63, 3.8) is 0 Å². The molecule has 5 heavy (non-hydrogen) atoms. The van der Waals surface area contributed by atoms with E-state index >= 15 is 0 Å². The van der Waals surface area contributed by atoms with Gasteiger partial charge in [0.1, 0.15) is 0 Å². The van der Waals surface area contributed by atoms with Crippen LogP contribution in [0.5, 0.6) is 0 Å². The molecule has 0 aliphatic carbocycles. The molecule has 0 rings (SSSR count). The Morgan fingerprint density at radius 3 is 1.80 bits per heavy atom. The molecule has 0 aromatic rings. The van der Waals surface area contributed by atoms with Gasteiger partial charge in [0, 0.05) is 23.6 Å². The second-order valence-electron chi connectivity index (χ2n) is 0.512. The second kappa shape index (κ2) is 8.83. The minimum atomic E-state index is 0. The summed E-state index contributed by atoms with van der Waals surface area (Å²) < 4.78 is 0. The number of hydrogen-bond acceptors (Lipinski definition) is 2. The monoisotopic (exact) mass is 124 g/mol. The van der Waals surface area contributed by atoms with Crippen LogP contribution in [0.4, 0.5) is 0 Å². The number of aliphatic hydroxyl groups is 1. The maximum absolute atomic E-state index is 7.75. The Morgan fingerprint density at radius 1 is 1.60 bits per heavy atom. The predicted molar refractivity (Wildman–Crippen MR) is 16.1 cm³/mol. The average molecular weight is 125 g/mol. The minimum Gasteiger partial charge on any atom is -0.395 e. The molecule has 0 aliphatic heterocycles. The summed E-state index contributed by atoms with van der Waals surface area (Å²) in [5.74, 6) is 0. The molecule has 0 aromatic heterocycles. The molecule has 1 radical (unpaired) electrons. The molecular weight excluding hydrogens is 118 g/mol. The molecule has 0 atom stereocenters. The smallest absolute Gasteiger partial charge is 0.0553 e. The Bertz CT molecular complexity index is 11.6. The fourth-order valence-electron chi connectivity index (χ4n) is 0. The van der Waals surface area contributed by atoms with E-state index < -0.39 is 0 Å². The van der Waals surface area contributed by atoms with Crippen LogP contribution in [0.15, 0.2) is 0 Å². The quantitative estimate of drug-likeness (QED) is 0.438. The summed E-state index contributed by atoms with van der Waals surface area (Å²) in [4.78, 5) is 0. The van der Waals surface area contributed by atoms with Crippen LogP contribution >= 0.6 is 0 Å². The number of nitrogens with two attached hydrogens (primary N) is 1. The molecular formula is C2H7CuNO. The zero-order valence-electron chi connectivity index (χ0n) is 2.74. The fraction of sp³-hybridized carbons (Fsp3) is 1.00. The van der Waals surface area contributed by atoms with Crippen molar-refractivity contribution in [1.29, 1.82) is 0 Å². The first kappa shape index (κ1) is 9.06. The first-order chi connectivity index (χ1) is 1.91. The van der Waals surface area contributed by atoms with E-state index in [0.29, 0.717) is 6.54 Å². The van der Waals surface area contributed by atoms with Crippen molar-refractivity contribution in [3.05, 3.63) is 0 Å². The molecule has 37 valence electrons. The van der Waals surface area contributed by atoms with Crippen molar-refractivity contribution in [3.8, 4) is 0 Å². The molecule has 2 nitrogen and oxygen atoms in total. The fourth-order valence-corrected chi connectivity index (χ4v) is 0. The van der Waals surface area contributed by atoms with Gasteiger partial charge in [0.25, 0.3) is 0 Å². The largest absolute Gasteiger partial charge is 0.395 e. The first-order valence-electron chi connectivity index (χ1n) is 1.22. The Balaban J connectivity index is 0. The molecule has 0 aromatic carbocycles. The third-order valence-corrected chi connectivity index (χ3v) is 0.129. The summed E-state index contributed by atoms with van der Waals surface area (Å²) in [5, 5.41) is 7.75. The number of aliphatic hydroxyl groups excluding tert-OH is 1. The van der Waals surface area contributed by atoms with E-state index in [4.69, 9.17) is 10.8 Å². The van der Waals surface area contributed by atoms with E-state index in [0.717, 1.165) is 0 Å². The molecule has 0 unspecified atom stereocenters. The Kier molecular flexibility index (Phi) is 16.0. The second-order valence-corrected chi connectivity index (χ2v) is 0.512. The SMILES string of the molecule is NCCO.[Cu]. The molecule has 0 aliphatic rings. The average Bonchev–Trinajstić information content (AvgIpc) is 1.37. The number of hydrogen-bond donors (Lipinski definition) is 2. The minimum absolute atomic E-state index is 0. The van der Waals surface area contributed by atoms with Crippen LogP contribution in [0.25, 0.3) is 0 Å². The van der Waals surface area contributed by atoms with Crippen molar-refractivity contribution in [2.45, 2.75) is 0 Å². The van der Waals surface area contributed by atoms with Crippen LogP contribution in [0.1, 0.15) is 0 Å². The normalized spacial score (nSPS) is 6.00. The Hall–Kier alpha value is 0.439. The van der Waals surface area contributed by atoms with Crippen molar-refractivity contribution in [1.82, 2.24) is 0 Å². The third kappa shape index (κ3) is 12.8. The van der Waals surface area contributed by atoms with Gasteiger partial charge in [0.15, 0.2) is 0 Å². The molecule has 0 fully saturated rings. The van der Waals surface area contributed by atoms with Gasteiger partial charge in [0.2, 0.25) is 0 Å². The summed E-state index contributed by atoms with van der Waals surface area (Å²) in [6.45, 7) is 0.472. The molecule has 0 amide bonds. The topological polar surface area (TPSA) is 46.2 Å². The Morgan fingerprint density at radius 2 is 1.80 bits per heavy atom. The zero-order chi connectivity index (χ0) is 3.41. The van der Waals surface area contributed by atoms with Crippen LogP contribution in [0.3, 0.4) is 0 Å². The summed E-state index contributed by atoms with van der Waals surface area (Å²) in [7, 11) is 0. The van der Waals surface area contributed by atoms with Crippen LogP contribution in [-0.4, -0.2) is 18.3 Å². The van der Waals surface area contributed by atoms with Crippen LogP contribution in [0.2, 0.25) is 0 Å². The molecule has 0 bridgehead atoms. The molecule has 0 heterocycles. The summed E-state index contributed by atoms with van der Waals surface area (Å²) in [5.41, 5.74) is 4.78. The van der Waals surface area contributed by atoms with E-state index in [1.807, 2.05) is 0 Å². The van der Waals surface area contributed by atoms with E-state index in [-0.39, 0.29) is 23.7 Å². The predicted octanol–water partition coefficient (Wildman–Crippen LogP) is -1.07. The van der Waals surface area contributed by atoms with Crippen molar-refractivity contribution in [2.75, 3.05) is 13.2 Å². The van der Waals surface area contributed by atoms with Gasteiger partial charge in [-0.3, -0.25) is 0 Å². The number of rotatable bonds is 1. The van der Waals surface area contributed by atoms with Crippen molar-refractivity contribution < 1.29 is 22.2 Å². The third-order valence-electron chi connectivity index (χ3n) is 0.129. The summed E-state index contributed by atoms with van der Waals surface area (Å²) in [6, 6.07) is 0. The van der Waals surface area contributed by atoms with Gasteiger partial charge in [-0.05, 0) is 0 Å². The van der Waals surface area contributed by atoms with Gasteiger partial charge in [-0.15, -0.1) is 0 Å². The van der Waals surface area contributed by atoms with E-state index in [1.54, 1.807) is 0 Å². The summed E-state index contributed by atoms with van der Waals surface area (Å²) >= 11 is 0. The molecule has 0 saturated carbocycles. The van der Waals surface area contributed by atoms with Gasteiger partial charge in [-0.2, -0.15) is 0 Å². The van der Waals surface area contributed by atoms with Gasteiger partial charge < -0.3 is 10.8 Å². The van der Waals surface area contributed by atoms with Crippen LogP contribution in [0, 0.1) is 0 Å². The van der Waals surface area contributed by atoms with Gasteiger partial charge >= 0.3 is 0 Å². The van der Waals surface area contributed by atoms with Gasteiger partial charge in [0.05, 0.1) is 6.61 Å². The standard InChI is InChI=1S/C2H7NO.Cu/c3-1-2-4;/h4H,1-3H2;. The maximum atomic E-state index is 7.75. The van der Waals surface area contributed by atoms with E-state index in [1.165, 1.54) is 0 Å². The first-order valence-corrected chi connectivity index (χ1v) is 1.22. The van der Waals surface area contributed by atoms with Crippen molar-refractivity contribution in [2.24, 2.45) is 5.73 Å². The molecule has 3 N–H and O–H groups in total. The Labute approximate surface area is 41.8 Å². The van der Waals surface area contributed by atoms with E-state index in [9.17, 15) is 0 Å². The summed E-state index contributed by atoms with van der Waals surface area (Å²) in [6.07, 6.45) is 0. The van der Waals surface area contributed by atoms with Gasteiger partial charge in [-0.25, -0.2) is 0 Å². The van der Waals surface area contributed by atoms with Crippen LogP contribution < -0.4 is 5.73 Å². The van der Waals surface area contributed by atoms with E-state index in [2.05, 4.69) is 0 Å². The van der Waals surface area contributed by atoms with Crippen molar-refractivity contribution >= 4 is 0 Å². The zero-order valence-corrected chi connectivity index (χ0v) is 3.68.